The monoisotopic (exact) mass is 203 g/mol. The second-order valence-corrected chi connectivity index (χ2v) is 2.84. The summed E-state index contributed by atoms with van der Waals surface area (Å²) in [5.74, 6) is -0.828. The molecule has 0 atom stereocenters. The molecule has 5 nitrogen and oxygen atoms in total. The molecule has 0 aliphatic rings. The fraction of sp³-hybridized carbons (Fsp3) is 0.571. The summed E-state index contributed by atoms with van der Waals surface area (Å²) in [5.41, 5.74) is 3.28. The van der Waals surface area contributed by atoms with Gasteiger partial charge in [-0.15, -0.1) is 0 Å². The van der Waals surface area contributed by atoms with E-state index in [1.807, 2.05) is 0 Å². The Bertz CT molecular complexity index is 228. The van der Waals surface area contributed by atoms with Gasteiger partial charge in [0.1, 0.15) is 0 Å². The minimum Gasteiger partial charge on any atom is -0.481 e. The maximum absolute atomic E-state index is 10.2. The van der Waals surface area contributed by atoms with Gasteiger partial charge in [-0.3, -0.25) is 10.2 Å². The molecule has 6 heteroatoms. The zero-order chi connectivity index (χ0) is 10.3. The van der Waals surface area contributed by atoms with Crippen LogP contribution in [0.1, 0.15) is 19.8 Å². The zero-order valence-electron chi connectivity index (χ0n) is 7.63. The number of carboxylic acid groups (broad SMARTS) is 1. The molecule has 0 aliphatic heterocycles. The average Bonchev–Trinajstić information content (AvgIpc) is 2.10. The highest BCUT2D eigenvalue weighted by Gasteiger charge is 1.98. The smallest absolute Gasteiger partial charge is 0.303 e. The third-order valence-corrected chi connectivity index (χ3v) is 1.57. The van der Waals surface area contributed by atoms with Crippen LogP contribution in [0.5, 0.6) is 0 Å². The maximum atomic E-state index is 10.2. The quantitative estimate of drug-likeness (QED) is 0.348. The highest BCUT2D eigenvalue weighted by Crippen LogP contribution is 1.91. The predicted octanol–water partition coefficient (Wildman–Crippen LogP) is 0.321. The van der Waals surface area contributed by atoms with Gasteiger partial charge in [0.2, 0.25) is 0 Å². The SMILES string of the molecule is CNC(=S)N/N=C(/C)CCC(=O)O. The first-order valence-corrected chi connectivity index (χ1v) is 4.19. The Balaban J connectivity index is 3.75. The number of carbonyl (C=O) groups is 1. The Morgan fingerprint density at radius 3 is 2.62 bits per heavy atom. The van der Waals surface area contributed by atoms with Gasteiger partial charge in [-0.25, -0.2) is 0 Å². The third kappa shape index (κ3) is 7.20. The molecule has 0 rings (SSSR count). The Hall–Kier alpha value is -1.17. The van der Waals surface area contributed by atoms with Crippen molar-refractivity contribution in [3.63, 3.8) is 0 Å². The van der Waals surface area contributed by atoms with Crippen LogP contribution in [-0.2, 0) is 4.79 Å². The molecule has 0 aromatic rings. The summed E-state index contributed by atoms with van der Waals surface area (Å²) < 4.78 is 0. The summed E-state index contributed by atoms with van der Waals surface area (Å²) in [6.07, 6.45) is 0.512. The number of hydrazone groups is 1. The average molecular weight is 203 g/mol. The van der Waals surface area contributed by atoms with E-state index in [2.05, 4.69) is 15.8 Å². The largest absolute Gasteiger partial charge is 0.481 e. The van der Waals surface area contributed by atoms with E-state index in [0.717, 1.165) is 0 Å². The van der Waals surface area contributed by atoms with E-state index in [1.165, 1.54) is 0 Å². The van der Waals surface area contributed by atoms with Crippen LogP contribution in [0.25, 0.3) is 0 Å². The van der Waals surface area contributed by atoms with Crippen LogP contribution in [0, 0.1) is 0 Å². The van der Waals surface area contributed by atoms with Gasteiger partial charge < -0.3 is 10.4 Å². The van der Waals surface area contributed by atoms with Gasteiger partial charge in [0.25, 0.3) is 0 Å². The van der Waals surface area contributed by atoms with E-state index in [-0.39, 0.29) is 6.42 Å². The van der Waals surface area contributed by atoms with Gasteiger partial charge in [-0.05, 0) is 25.6 Å². The fourth-order valence-corrected chi connectivity index (χ4v) is 0.591. The van der Waals surface area contributed by atoms with Gasteiger partial charge in [-0.2, -0.15) is 5.10 Å². The first-order chi connectivity index (χ1) is 6.06. The molecule has 0 amide bonds. The fourth-order valence-electron chi connectivity index (χ4n) is 0.546. The Kier molecular flexibility index (Phi) is 5.79. The summed E-state index contributed by atoms with van der Waals surface area (Å²) in [7, 11) is 1.68. The lowest BCUT2D eigenvalue weighted by atomic mass is 10.2. The molecular formula is C7H13N3O2S. The van der Waals surface area contributed by atoms with Crippen LogP contribution in [0.2, 0.25) is 0 Å². The topological polar surface area (TPSA) is 73.7 Å². The minimum absolute atomic E-state index is 0.0866. The van der Waals surface area contributed by atoms with Gasteiger partial charge in [-0.1, -0.05) is 0 Å². The van der Waals surface area contributed by atoms with E-state index in [0.29, 0.717) is 17.2 Å². The number of aliphatic carboxylic acids is 1. The number of nitrogens with zero attached hydrogens (tertiary/aromatic N) is 1. The minimum atomic E-state index is -0.828. The summed E-state index contributed by atoms with van der Waals surface area (Å²) in [5, 5.41) is 15.3. The van der Waals surface area contributed by atoms with Crippen LogP contribution >= 0.6 is 12.2 Å². The van der Waals surface area contributed by atoms with Crippen LogP contribution in [0.3, 0.4) is 0 Å². The molecule has 0 aromatic carbocycles. The van der Waals surface area contributed by atoms with Crippen LogP contribution in [0.4, 0.5) is 0 Å². The zero-order valence-corrected chi connectivity index (χ0v) is 8.44. The second-order valence-electron chi connectivity index (χ2n) is 2.43. The highest BCUT2D eigenvalue weighted by atomic mass is 32.1. The lowest BCUT2D eigenvalue weighted by Crippen LogP contribution is -2.29. The van der Waals surface area contributed by atoms with Gasteiger partial charge >= 0.3 is 5.97 Å². The number of hydrogen-bond donors (Lipinski definition) is 3. The predicted molar refractivity (Wildman–Crippen MR) is 54.8 cm³/mol. The maximum Gasteiger partial charge on any atom is 0.303 e. The Morgan fingerprint density at radius 1 is 1.54 bits per heavy atom. The van der Waals surface area contributed by atoms with Crippen molar-refractivity contribution >= 4 is 29.0 Å². The summed E-state index contributed by atoms with van der Waals surface area (Å²) in [6, 6.07) is 0. The second kappa shape index (κ2) is 6.36. The van der Waals surface area contributed by atoms with Gasteiger partial charge in [0.15, 0.2) is 5.11 Å². The first-order valence-electron chi connectivity index (χ1n) is 3.79. The van der Waals surface area contributed by atoms with Crippen molar-refractivity contribution < 1.29 is 9.90 Å². The molecular weight excluding hydrogens is 190 g/mol. The van der Waals surface area contributed by atoms with Crippen molar-refractivity contribution in [2.45, 2.75) is 19.8 Å². The van der Waals surface area contributed by atoms with Crippen LogP contribution in [-0.4, -0.2) is 28.9 Å². The third-order valence-electron chi connectivity index (χ3n) is 1.28. The van der Waals surface area contributed by atoms with Crippen molar-refractivity contribution in [3.8, 4) is 0 Å². The van der Waals surface area contributed by atoms with E-state index in [9.17, 15) is 4.79 Å². The van der Waals surface area contributed by atoms with Crippen LogP contribution < -0.4 is 10.7 Å². The molecule has 0 radical (unpaired) electrons. The number of hydrogen-bond acceptors (Lipinski definition) is 3. The normalized spacial score (nSPS) is 10.8. The van der Waals surface area contributed by atoms with E-state index >= 15 is 0 Å². The van der Waals surface area contributed by atoms with E-state index < -0.39 is 5.97 Å². The molecule has 3 N–H and O–H groups in total. The first kappa shape index (κ1) is 11.8. The molecule has 0 saturated heterocycles. The van der Waals surface area contributed by atoms with Gasteiger partial charge in [0.05, 0.1) is 6.42 Å². The lowest BCUT2D eigenvalue weighted by Gasteiger charge is -2.02. The summed E-state index contributed by atoms with van der Waals surface area (Å²) in [4.78, 5) is 10.2. The summed E-state index contributed by atoms with van der Waals surface area (Å²) in [6.45, 7) is 1.74. The van der Waals surface area contributed by atoms with Crippen molar-refractivity contribution in [1.82, 2.24) is 10.7 Å². The number of carboxylic acids is 1. The highest BCUT2D eigenvalue weighted by molar-refractivity contribution is 7.80. The number of thiocarbonyl (C=S) groups is 1. The molecule has 0 heterocycles. The molecule has 0 aliphatic carbocycles. The molecule has 74 valence electrons. The van der Waals surface area contributed by atoms with Crippen molar-refractivity contribution in [2.24, 2.45) is 5.10 Å². The number of rotatable bonds is 4. The van der Waals surface area contributed by atoms with E-state index in [4.69, 9.17) is 17.3 Å². The number of nitrogens with one attached hydrogen (secondary N) is 2. The Labute approximate surface area is 82.2 Å². The lowest BCUT2D eigenvalue weighted by molar-refractivity contribution is -0.136. The van der Waals surface area contributed by atoms with Crippen molar-refractivity contribution in [2.75, 3.05) is 7.05 Å². The van der Waals surface area contributed by atoms with Crippen molar-refractivity contribution in [3.05, 3.63) is 0 Å². The van der Waals surface area contributed by atoms with Crippen LogP contribution in [0.15, 0.2) is 5.10 Å². The Morgan fingerprint density at radius 2 is 2.15 bits per heavy atom. The molecule has 0 saturated carbocycles. The molecule has 0 spiro atoms. The summed E-state index contributed by atoms with van der Waals surface area (Å²) >= 11 is 4.76. The van der Waals surface area contributed by atoms with E-state index in [1.54, 1.807) is 14.0 Å². The molecule has 0 unspecified atom stereocenters. The molecule has 0 bridgehead atoms. The molecule has 0 fully saturated rings. The molecule has 0 aromatic heterocycles. The van der Waals surface area contributed by atoms with Gasteiger partial charge in [0, 0.05) is 12.8 Å². The molecule has 13 heavy (non-hydrogen) atoms. The standard InChI is InChI=1S/C7H13N3O2S/c1-5(3-4-6(11)12)9-10-7(13)8-2/h3-4H2,1-2H3,(H,11,12)(H2,8,10,13)/b9-5-. The van der Waals surface area contributed by atoms with Crippen molar-refractivity contribution in [1.29, 1.82) is 0 Å².